The molecule has 3 fully saturated rings. The van der Waals surface area contributed by atoms with E-state index in [1.54, 1.807) is 6.08 Å². The van der Waals surface area contributed by atoms with Gasteiger partial charge in [0.15, 0.2) is 0 Å². The number of benzene rings is 1. The Morgan fingerprint density at radius 3 is 2.38 bits per heavy atom. The Hall–Kier alpha value is -1.97. The highest BCUT2D eigenvalue weighted by atomic mass is 32.2. The highest BCUT2D eigenvalue weighted by Crippen LogP contribution is 2.66. The number of amides is 1. The Morgan fingerprint density at radius 1 is 0.973 bits per heavy atom. The van der Waals surface area contributed by atoms with Crippen LogP contribution < -0.4 is 5.32 Å². The van der Waals surface area contributed by atoms with Gasteiger partial charge in [-0.3, -0.25) is 9.59 Å². The van der Waals surface area contributed by atoms with Gasteiger partial charge in [0, 0.05) is 16.6 Å². The van der Waals surface area contributed by atoms with Gasteiger partial charge in [-0.1, -0.05) is 31.7 Å². The highest BCUT2D eigenvalue weighted by molar-refractivity contribution is 8.14. The molecule has 1 heterocycles. The maximum Gasteiger partial charge on any atom is 0.418 e. The van der Waals surface area contributed by atoms with Crippen LogP contribution in [0.15, 0.2) is 30.4 Å². The van der Waals surface area contributed by atoms with E-state index in [-0.39, 0.29) is 21.7 Å². The predicted octanol–water partition coefficient (Wildman–Crippen LogP) is 7.72. The maximum absolute atomic E-state index is 13.6. The van der Waals surface area contributed by atoms with Gasteiger partial charge in [-0.15, -0.1) is 0 Å². The first-order valence-corrected chi connectivity index (χ1v) is 13.5. The van der Waals surface area contributed by atoms with Crippen molar-refractivity contribution in [3.05, 3.63) is 41.5 Å². The van der Waals surface area contributed by atoms with Crippen LogP contribution in [0.25, 0.3) is 0 Å². The third kappa shape index (κ3) is 4.40. The number of thioether (sulfide) groups is 1. The second kappa shape index (κ2) is 8.78. The molecule has 0 unspecified atom stereocenters. The molecule has 3 saturated carbocycles. The number of nitrogens with one attached hydrogen (secondary N) is 1. The summed E-state index contributed by atoms with van der Waals surface area (Å²) in [5.41, 5.74) is -3.96. The number of rotatable bonds is 2. The SMILES string of the molecule is C[C@]12C=CC(=O)S[C@@H]1CC[C@@H]1[C@@H]2CC[C@]2(C)[C@@H](C(=O)Nc3cc(C(F)(F)F)ccc3C(F)(F)F)CC[C@@H]12. The van der Waals surface area contributed by atoms with Crippen LogP contribution in [-0.4, -0.2) is 16.3 Å². The van der Waals surface area contributed by atoms with Gasteiger partial charge in [0.05, 0.1) is 16.8 Å². The Kier molecular flexibility index (Phi) is 6.32. The van der Waals surface area contributed by atoms with Crippen LogP contribution in [0.5, 0.6) is 0 Å². The first-order valence-electron chi connectivity index (χ1n) is 12.6. The fraction of sp³-hybridized carbons (Fsp3) is 0.630. The first-order chi connectivity index (χ1) is 17.1. The molecule has 7 atom stereocenters. The van der Waals surface area contributed by atoms with Crippen LogP contribution in [0.4, 0.5) is 32.0 Å². The summed E-state index contributed by atoms with van der Waals surface area (Å²) in [6.07, 6.45) is -1.42. The number of hydrogen-bond donors (Lipinski definition) is 1. The minimum absolute atomic E-state index is 0.0759. The van der Waals surface area contributed by atoms with Crippen LogP contribution in [0.2, 0.25) is 0 Å². The molecule has 3 nitrogen and oxygen atoms in total. The van der Waals surface area contributed by atoms with Gasteiger partial charge in [0.25, 0.3) is 0 Å². The number of fused-ring (bicyclic) bond motifs is 5. The fourth-order valence-electron chi connectivity index (χ4n) is 7.92. The van der Waals surface area contributed by atoms with Crippen LogP contribution in [0.3, 0.4) is 0 Å². The molecule has 1 aromatic rings. The van der Waals surface area contributed by atoms with E-state index in [1.807, 2.05) is 6.92 Å². The molecule has 5 rings (SSSR count). The van der Waals surface area contributed by atoms with Crippen molar-refractivity contribution in [1.82, 2.24) is 0 Å². The standard InChI is InChI=1S/C27H29F6NO2S/c1-24-11-9-17-15(4-8-21-25(17,2)12-10-22(35)37-21)16(24)6-7-19(24)23(36)34-20-13-14(26(28,29)30)3-5-18(20)27(31,32)33/h3,5,10,12-13,15-17,19,21H,4,6-9,11H2,1-2H3,(H,34,36)/t15-,16-,17-,19+,21+,24-,25+/m0/s1. The Morgan fingerprint density at radius 2 is 1.70 bits per heavy atom. The van der Waals surface area contributed by atoms with E-state index in [2.05, 4.69) is 18.3 Å². The third-order valence-corrected chi connectivity index (χ3v) is 11.2. The summed E-state index contributed by atoms with van der Waals surface area (Å²) < 4.78 is 80.4. The summed E-state index contributed by atoms with van der Waals surface area (Å²) in [5, 5.41) is 2.54. The molecule has 1 aliphatic heterocycles. The van der Waals surface area contributed by atoms with E-state index in [9.17, 15) is 35.9 Å². The average molecular weight is 546 g/mol. The number of anilines is 1. The number of hydrogen-bond acceptors (Lipinski definition) is 3. The molecule has 0 radical (unpaired) electrons. The average Bonchev–Trinajstić information content (AvgIpc) is 3.15. The molecular weight excluding hydrogens is 516 g/mol. The molecule has 3 aliphatic carbocycles. The molecule has 37 heavy (non-hydrogen) atoms. The molecular formula is C27H29F6NO2S. The van der Waals surface area contributed by atoms with Gasteiger partial charge in [0.1, 0.15) is 0 Å². The number of carbonyl (C=O) groups is 2. The molecule has 0 saturated heterocycles. The molecule has 0 bridgehead atoms. The molecule has 1 amide bonds. The minimum Gasteiger partial charge on any atom is -0.325 e. The molecule has 1 N–H and O–H groups in total. The summed E-state index contributed by atoms with van der Waals surface area (Å²) in [6, 6.07) is 1.14. The van der Waals surface area contributed by atoms with Crippen molar-refractivity contribution >= 4 is 28.5 Å². The lowest BCUT2D eigenvalue weighted by Crippen LogP contribution is -2.53. The fourth-order valence-corrected chi connectivity index (χ4v) is 9.11. The minimum atomic E-state index is -4.91. The van der Waals surface area contributed by atoms with E-state index < -0.39 is 46.4 Å². The summed E-state index contributed by atoms with van der Waals surface area (Å²) in [7, 11) is 0. The summed E-state index contributed by atoms with van der Waals surface area (Å²) in [4.78, 5) is 25.4. The van der Waals surface area contributed by atoms with E-state index in [0.717, 1.165) is 25.7 Å². The second-order valence-corrected chi connectivity index (χ2v) is 12.7. The van der Waals surface area contributed by atoms with Crippen LogP contribution in [0.1, 0.15) is 63.5 Å². The zero-order chi connectivity index (χ0) is 27.0. The number of allylic oxidation sites excluding steroid dienone is 1. The number of alkyl halides is 6. The van der Waals surface area contributed by atoms with Crippen LogP contribution in [-0.2, 0) is 21.9 Å². The molecule has 0 aromatic heterocycles. The van der Waals surface area contributed by atoms with Crippen molar-refractivity contribution < 1.29 is 35.9 Å². The smallest absolute Gasteiger partial charge is 0.325 e. The highest BCUT2D eigenvalue weighted by Gasteiger charge is 2.61. The Labute approximate surface area is 215 Å². The van der Waals surface area contributed by atoms with Crippen LogP contribution in [0, 0.1) is 34.5 Å². The van der Waals surface area contributed by atoms with Crippen molar-refractivity contribution in [2.24, 2.45) is 34.5 Å². The van der Waals surface area contributed by atoms with Crippen molar-refractivity contribution in [2.45, 2.75) is 70.0 Å². The van der Waals surface area contributed by atoms with Gasteiger partial charge in [-0.25, -0.2) is 0 Å². The molecule has 202 valence electrons. The van der Waals surface area contributed by atoms with Crippen molar-refractivity contribution in [1.29, 1.82) is 0 Å². The van der Waals surface area contributed by atoms with Gasteiger partial charge in [0.2, 0.25) is 11.0 Å². The van der Waals surface area contributed by atoms with E-state index in [1.165, 1.54) is 11.8 Å². The molecule has 10 heteroatoms. The largest absolute Gasteiger partial charge is 0.418 e. The van der Waals surface area contributed by atoms with Crippen LogP contribution >= 0.6 is 11.8 Å². The first kappa shape index (κ1) is 26.6. The summed E-state index contributed by atoms with van der Waals surface area (Å²) in [6.45, 7) is 4.23. The van der Waals surface area contributed by atoms with E-state index in [0.29, 0.717) is 42.9 Å². The molecule has 0 spiro atoms. The lowest BCUT2D eigenvalue weighted by Gasteiger charge is -2.58. The lowest BCUT2D eigenvalue weighted by molar-refractivity contribution is -0.141. The zero-order valence-electron chi connectivity index (χ0n) is 20.5. The maximum atomic E-state index is 13.6. The van der Waals surface area contributed by atoms with Gasteiger partial charge >= 0.3 is 12.4 Å². The summed E-state index contributed by atoms with van der Waals surface area (Å²) in [5.74, 6) is -0.359. The Bertz CT molecular complexity index is 1150. The van der Waals surface area contributed by atoms with Crippen molar-refractivity contribution in [2.75, 3.05) is 5.32 Å². The van der Waals surface area contributed by atoms with Crippen molar-refractivity contribution in [3.8, 4) is 0 Å². The summed E-state index contributed by atoms with van der Waals surface area (Å²) >= 11 is 1.40. The second-order valence-electron chi connectivity index (χ2n) is 11.5. The third-order valence-electron chi connectivity index (χ3n) is 9.76. The van der Waals surface area contributed by atoms with Crippen molar-refractivity contribution in [3.63, 3.8) is 0 Å². The van der Waals surface area contributed by atoms with E-state index in [4.69, 9.17) is 0 Å². The van der Waals surface area contributed by atoms with Gasteiger partial charge in [-0.2, -0.15) is 26.3 Å². The topological polar surface area (TPSA) is 46.2 Å². The number of halogens is 6. The predicted molar refractivity (Wildman–Crippen MR) is 128 cm³/mol. The normalized spacial score (nSPS) is 37.5. The molecule has 4 aliphatic rings. The number of carbonyl (C=O) groups excluding carboxylic acids is 2. The zero-order valence-corrected chi connectivity index (χ0v) is 21.3. The van der Waals surface area contributed by atoms with E-state index >= 15 is 0 Å². The van der Waals surface area contributed by atoms with Gasteiger partial charge < -0.3 is 5.32 Å². The van der Waals surface area contributed by atoms with Gasteiger partial charge in [-0.05, 0) is 86.0 Å². The quantitative estimate of drug-likeness (QED) is 0.387. The monoisotopic (exact) mass is 545 g/mol. The Balaban J connectivity index is 1.40. The molecule has 1 aromatic carbocycles. The lowest BCUT2D eigenvalue weighted by atomic mass is 9.49.